The highest BCUT2D eigenvalue weighted by atomic mass is 35.5. The average molecular weight is 265 g/mol. The van der Waals surface area contributed by atoms with Crippen molar-refractivity contribution in [2.75, 3.05) is 5.32 Å². The SMILES string of the molecule is NC(=O)c1ccc(Cl)c(NC(=O)c2cn[nH]c2)c1. The molecular weight excluding hydrogens is 256 g/mol. The van der Waals surface area contributed by atoms with Gasteiger partial charge in [-0.3, -0.25) is 14.7 Å². The Balaban J connectivity index is 2.26. The Labute approximate surface area is 107 Å². The lowest BCUT2D eigenvalue weighted by Gasteiger charge is -2.07. The summed E-state index contributed by atoms with van der Waals surface area (Å²) in [5, 5.41) is 9.07. The molecule has 2 rings (SSSR count). The number of aromatic amines is 1. The fourth-order valence-electron chi connectivity index (χ4n) is 1.34. The number of nitrogens with zero attached hydrogens (tertiary/aromatic N) is 1. The predicted molar refractivity (Wildman–Crippen MR) is 66.5 cm³/mol. The van der Waals surface area contributed by atoms with Gasteiger partial charge >= 0.3 is 0 Å². The van der Waals surface area contributed by atoms with E-state index in [-0.39, 0.29) is 11.5 Å². The van der Waals surface area contributed by atoms with Crippen molar-refractivity contribution >= 4 is 29.1 Å². The lowest BCUT2D eigenvalue weighted by molar-refractivity contribution is 0.0996. The van der Waals surface area contributed by atoms with Gasteiger partial charge in [0.05, 0.1) is 22.5 Å². The van der Waals surface area contributed by atoms with Crippen molar-refractivity contribution in [3.8, 4) is 0 Å². The van der Waals surface area contributed by atoms with Crippen LogP contribution in [0.1, 0.15) is 20.7 Å². The van der Waals surface area contributed by atoms with Gasteiger partial charge in [0.25, 0.3) is 5.91 Å². The molecule has 1 aromatic carbocycles. The highest BCUT2D eigenvalue weighted by Crippen LogP contribution is 2.23. The zero-order chi connectivity index (χ0) is 13.1. The minimum Gasteiger partial charge on any atom is -0.366 e. The van der Waals surface area contributed by atoms with Crippen molar-refractivity contribution in [3.63, 3.8) is 0 Å². The van der Waals surface area contributed by atoms with Gasteiger partial charge in [0, 0.05) is 11.8 Å². The second kappa shape index (κ2) is 4.89. The molecule has 0 radical (unpaired) electrons. The number of hydrogen-bond acceptors (Lipinski definition) is 3. The predicted octanol–water partition coefficient (Wildman–Crippen LogP) is 1.41. The molecule has 7 heteroatoms. The van der Waals surface area contributed by atoms with Gasteiger partial charge in [0.2, 0.25) is 5.91 Å². The number of carbonyl (C=O) groups excluding carboxylic acids is 2. The monoisotopic (exact) mass is 264 g/mol. The van der Waals surface area contributed by atoms with Crippen molar-refractivity contribution in [2.45, 2.75) is 0 Å². The van der Waals surface area contributed by atoms with Gasteiger partial charge in [-0.25, -0.2) is 0 Å². The van der Waals surface area contributed by atoms with Crippen molar-refractivity contribution in [1.29, 1.82) is 0 Å². The fourth-order valence-corrected chi connectivity index (χ4v) is 1.51. The summed E-state index contributed by atoms with van der Waals surface area (Å²) in [6, 6.07) is 4.40. The summed E-state index contributed by atoms with van der Waals surface area (Å²) < 4.78 is 0. The topological polar surface area (TPSA) is 101 Å². The van der Waals surface area contributed by atoms with E-state index >= 15 is 0 Å². The molecule has 0 aliphatic rings. The van der Waals surface area contributed by atoms with E-state index in [0.29, 0.717) is 16.3 Å². The zero-order valence-electron chi connectivity index (χ0n) is 9.11. The Bertz CT molecular complexity index is 595. The Hall–Kier alpha value is -2.34. The van der Waals surface area contributed by atoms with Crippen LogP contribution in [0.25, 0.3) is 0 Å². The first-order valence-electron chi connectivity index (χ1n) is 4.97. The smallest absolute Gasteiger partial charge is 0.258 e. The van der Waals surface area contributed by atoms with E-state index in [1.165, 1.54) is 30.6 Å². The molecule has 0 fully saturated rings. The summed E-state index contributed by atoms with van der Waals surface area (Å²) >= 11 is 5.92. The second-order valence-electron chi connectivity index (χ2n) is 3.50. The van der Waals surface area contributed by atoms with E-state index in [4.69, 9.17) is 17.3 Å². The molecule has 18 heavy (non-hydrogen) atoms. The summed E-state index contributed by atoms with van der Waals surface area (Å²) in [5.41, 5.74) is 6.09. The number of primary amides is 1. The Kier molecular flexibility index (Phi) is 3.29. The first kappa shape index (κ1) is 12.1. The summed E-state index contributed by atoms with van der Waals surface area (Å²) in [4.78, 5) is 22.8. The lowest BCUT2D eigenvalue weighted by Crippen LogP contribution is -2.14. The van der Waals surface area contributed by atoms with Crippen LogP contribution in [-0.4, -0.2) is 22.0 Å². The molecule has 4 N–H and O–H groups in total. The van der Waals surface area contributed by atoms with E-state index in [9.17, 15) is 9.59 Å². The van der Waals surface area contributed by atoms with Crippen LogP contribution >= 0.6 is 11.6 Å². The Morgan fingerprint density at radius 3 is 2.72 bits per heavy atom. The minimum absolute atomic E-state index is 0.266. The van der Waals surface area contributed by atoms with Crippen LogP contribution in [0.5, 0.6) is 0 Å². The van der Waals surface area contributed by atoms with Crippen LogP contribution < -0.4 is 11.1 Å². The molecule has 2 amide bonds. The number of benzene rings is 1. The van der Waals surface area contributed by atoms with E-state index in [2.05, 4.69) is 15.5 Å². The summed E-state index contributed by atoms with van der Waals surface area (Å²) in [5.74, 6) is -0.974. The zero-order valence-corrected chi connectivity index (χ0v) is 9.86. The van der Waals surface area contributed by atoms with Crippen LogP contribution in [0.2, 0.25) is 5.02 Å². The molecule has 0 saturated heterocycles. The summed E-state index contributed by atoms with van der Waals surface area (Å²) in [7, 11) is 0. The largest absolute Gasteiger partial charge is 0.366 e. The number of nitrogens with two attached hydrogens (primary N) is 1. The van der Waals surface area contributed by atoms with Gasteiger partial charge in [0.1, 0.15) is 0 Å². The van der Waals surface area contributed by atoms with E-state index in [0.717, 1.165) is 0 Å². The summed E-state index contributed by atoms with van der Waals surface area (Å²) in [6.07, 6.45) is 2.82. The number of anilines is 1. The second-order valence-corrected chi connectivity index (χ2v) is 3.91. The van der Waals surface area contributed by atoms with Crippen molar-refractivity contribution in [2.24, 2.45) is 5.73 Å². The van der Waals surface area contributed by atoms with E-state index < -0.39 is 5.91 Å². The van der Waals surface area contributed by atoms with Crippen molar-refractivity contribution in [3.05, 3.63) is 46.7 Å². The Morgan fingerprint density at radius 2 is 2.11 bits per heavy atom. The molecule has 2 aromatic rings. The number of rotatable bonds is 3. The molecule has 0 aliphatic heterocycles. The molecule has 1 heterocycles. The average Bonchev–Trinajstić information content (AvgIpc) is 2.85. The van der Waals surface area contributed by atoms with E-state index in [1.807, 2.05) is 0 Å². The standard InChI is InChI=1S/C11H9ClN4O2/c12-8-2-1-6(10(13)17)3-9(8)16-11(18)7-4-14-15-5-7/h1-5H,(H2,13,17)(H,14,15)(H,16,18). The van der Waals surface area contributed by atoms with Gasteiger partial charge in [-0.15, -0.1) is 0 Å². The number of carbonyl (C=O) groups is 2. The van der Waals surface area contributed by atoms with Crippen LogP contribution in [0.4, 0.5) is 5.69 Å². The highest BCUT2D eigenvalue weighted by Gasteiger charge is 2.11. The molecule has 92 valence electrons. The number of nitrogens with one attached hydrogen (secondary N) is 2. The van der Waals surface area contributed by atoms with Crippen molar-refractivity contribution in [1.82, 2.24) is 10.2 Å². The quantitative estimate of drug-likeness (QED) is 0.781. The third kappa shape index (κ3) is 2.49. The van der Waals surface area contributed by atoms with E-state index in [1.54, 1.807) is 0 Å². The number of aromatic nitrogens is 2. The van der Waals surface area contributed by atoms with Crippen LogP contribution in [0.15, 0.2) is 30.6 Å². The molecule has 1 aromatic heterocycles. The molecule has 6 nitrogen and oxygen atoms in total. The maximum Gasteiger partial charge on any atom is 0.258 e. The number of amides is 2. The maximum atomic E-state index is 11.8. The van der Waals surface area contributed by atoms with Gasteiger partial charge in [-0.05, 0) is 18.2 Å². The van der Waals surface area contributed by atoms with Gasteiger partial charge in [-0.1, -0.05) is 11.6 Å². The van der Waals surface area contributed by atoms with Crippen molar-refractivity contribution < 1.29 is 9.59 Å². The van der Waals surface area contributed by atoms with Crippen LogP contribution in [-0.2, 0) is 0 Å². The minimum atomic E-state index is -0.592. The van der Waals surface area contributed by atoms with Crippen LogP contribution in [0, 0.1) is 0 Å². The van der Waals surface area contributed by atoms with Crippen LogP contribution in [0.3, 0.4) is 0 Å². The molecular formula is C11H9ClN4O2. The molecule has 0 saturated carbocycles. The first-order chi connectivity index (χ1) is 8.58. The normalized spacial score (nSPS) is 10.1. The number of H-pyrrole nitrogens is 1. The third-order valence-electron chi connectivity index (χ3n) is 2.26. The Morgan fingerprint density at radius 1 is 1.33 bits per heavy atom. The molecule has 0 aliphatic carbocycles. The summed E-state index contributed by atoms with van der Waals surface area (Å²) in [6.45, 7) is 0. The van der Waals surface area contributed by atoms with Gasteiger partial charge < -0.3 is 11.1 Å². The number of halogens is 1. The third-order valence-corrected chi connectivity index (χ3v) is 2.59. The number of hydrogen-bond donors (Lipinski definition) is 3. The molecule has 0 spiro atoms. The lowest BCUT2D eigenvalue weighted by atomic mass is 10.2. The van der Waals surface area contributed by atoms with Gasteiger partial charge in [0.15, 0.2) is 0 Å². The van der Waals surface area contributed by atoms with Gasteiger partial charge in [-0.2, -0.15) is 5.10 Å². The maximum absolute atomic E-state index is 11.8. The molecule has 0 atom stereocenters. The molecule has 0 bridgehead atoms. The highest BCUT2D eigenvalue weighted by molar-refractivity contribution is 6.34. The fraction of sp³-hybridized carbons (Fsp3) is 0. The molecule has 0 unspecified atom stereocenters. The first-order valence-corrected chi connectivity index (χ1v) is 5.35.